The van der Waals surface area contributed by atoms with E-state index in [1.807, 2.05) is 25.1 Å². The van der Waals surface area contributed by atoms with Crippen LogP contribution in [-0.4, -0.2) is 29.9 Å². The van der Waals surface area contributed by atoms with Crippen LogP contribution in [0, 0.1) is 13.8 Å². The van der Waals surface area contributed by atoms with Gasteiger partial charge in [0.15, 0.2) is 5.82 Å². The molecule has 0 saturated heterocycles. The molecule has 1 aromatic heterocycles. The zero-order valence-corrected chi connectivity index (χ0v) is 12.6. The van der Waals surface area contributed by atoms with Crippen LogP contribution in [0.25, 0.3) is 0 Å². The number of ether oxygens (including phenoxy) is 2. The number of carbonyl (C=O) groups excluding carboxylic acids is 1. The highest BCUT2D eigenvalue weighted by atomic mass is 16.5. The minimum Gasteiger partial charge on any atom is -0.497 e. The maximum Gasteiger partial charge on any atom is 0.343 e. The molecule has 0 bridgehead atoms. The monoisotopic (exact) mass is 289 g/mol. The van der Waals surface area contributed by atoms with Crippen LogP contribution in [0.15, 0.2) is 18.2 Å². The molecule has 0 spiro atoms. The fourth-order valence-electron chi connectivity index (χ4n) is 2.00. The van der Waals surface area contributed by atoms with Crippen LogP contribution in [0.3, 0.4) is 0 Å². The summed E-state index contributed by atoms with van der Waals surface area (Å²) in [6.45, 7) is 5.83. The fourth-order valence-corrected chi connectivity index (χ4v) is 2.00. The molecule has 0 radical (unpaired) electrons. The molecule has 2 rings (SSSR count). The van der Waals surface area contributed by atoms with E-state index in [0.717, 1.165) is 17.0 Å². The second-order valence-corrected chi connectivity index (χ2v) is 4.60. The first kappa shape index (κ1) is 14.9. The Bertz CT molecular complexity index is 650. The highest BCUT2D eigenvalue weighted by Gasteiger charge is 2.19. The summed E-state index contributed by atoms with van der Waals surface area (Å²) in [6, 6.07) is 5.64. The molecule has 0 aliphatic carbocycles. The highest BCUT2D eigenvalue weighted by Crippen LogP contribution is 2.26. The van der Waals surface area contributed by atoms with Crippen LogP contribution in [0.5, 0.6) is 5.75 Å². The van der Waals surface area contributed by atoms with Crippen molar-refractivity contribution in [3.8, 4) is 5.75 Å². The number of hydrogen-bond donors (Lipinski definition) is 2. The largest absolute Gasteiger partial charge is 0.497 e. The number of nitrogens with zero attached hydrogens (tertiary/aromatic N) is 1. The predicted molar refractivity (Wildman–Crippen MR) is 80.3 cm³/mol. The van der Waals surface area contributed by atoms with Crippen molar-refractivity contribution in [1.82, 2.24) is 10.2 Å². The van der Waals surface area contributed by atoms with Gasteiger partial charge in [-0.15, -0.1) is 0 Å². The second-order valence-electron chi connectivity index (χ2n) is 4.60. The first-order chi connectivity index (χ1) is 10.1. The van der Waals surface area contributed by atoms with Crippen molar-refractivity contribution < 1.29 is 14.3 Å². The zero-order valence-electron chi connectivity index (χ0n) is 12.6. The van der Waals surface area contributed by atoms with E-state index in [1.165, 1.54) is 0 Å². The molecular weight excluding hydrogens is 270 g/mol. The molecule has 0 amide bonds. The summed E-state index contributed by atoms with van der Waals surface area (Å²) < 4.78 is 10.2. The number of methoxy groups -OCH3 is 1. The Labute approximate surface area is 123 Å². The van der Waals surface area contributed by atoms with Crippen LogP contribution >= 0.6 is 0 Å². The third-order valence-electron chi connectivity index (χ3n) is 3.11. The molecule has 1 aromatic carbocycles. The van der Waals surface area contributed by atoms with Crippen LogP contribution < -0.4 is 10.1 Å². The summed E-state index contributed by atoms with van der Waals surface area (Å²) in [5.74, 6) is 0.846. The molecule has 0 aliphatic heterocycles. The van der Waals surface area contributed by atoms with Gasteiger partial charge in [-0.3, -0.25) is 5.10 Å². The minimum atomic E-state index is -0.391. The van der Waals surface area contributed by atoms with Crippen LogP contribution in [0.1, 0.15) is 28.5 Å². The molecule has 0 aliphatic rings. The number of hydrogen-bond acceptors (Lipinski definition) is 5. The minimum absolute atomic E-state index is 0.324. The van der Waals surface area contributed by atoms with Gasteiger partial charge in [-0.25, -0.2) is 4.79 Å². The van der Waals surface area contributed by atoms with E-state index in [4.69, 9.17) is 9.47 Å². The number of carbonyl (C=O) groups is 1. The molecule has 0 saturated carbocycles. The van der Waals surface area contributed by atoms with Crippen molar-refractivity contribution in [1.29, 1.82) is 0 Å². The van der Waals surface area contributed by atoms with Crippen molar-refractivity contribution in [2.24, 2.45) is 0 Å². The van der Waals surface area contributed by atoms with Gasteiger partial charge in [-0.1, -0.05) is 0 Å². The van der Waals surface area contributed by atoms with Gasteiger partial charge in [-0.2, -0.15) is 5.10 Å². The van der Waals surface area contributed by atoms with Crippen LogP contribution in [0.2, 0.25) is 0 Å². The van der Waals surface area contributed by atoms with E-state index in [0.29, 0.717) is 23.7 Å². The normalized spacial score (nSPS) is 10.3. The Hall–Kier alpha value is -2.50. The van der Waals surface area contributed by atoms with Crippen LogP contribution in [0.4, 0.5) is 11.5 Å². The van der Waals surface area contributed by atoms with Gasteiger partial charge in [0.25, 0.3) is 0 Å². The molecule has 2 N–H and O–H groups in total. The number of aryl methyl sites for hydroxylation is 2. The zero-order chi connectivity index (χ0) is 15.4. The van der Waals surface area contributed by atoms with Gasteiger partial charge in [0.1, 0.15) is 11.3 Å². The van der Waals surface area contributed by atoms with Crippen molar-refractivity contribution in [2.75, 3.05) is 19.0 Å². The topological polar surface area (TPSA) is 76.2 Å². The molecule has 0 fully saturated rings. The molecule has 2 aromatic rings. The van der Waals surface area contributed by atoms with Crippen molar-refractivity contribution in [2.45, 2.75) is 20.8 Å². The van der Waals surface area contributed by atoms with Gasteiger partial charge >= 0.3 is 5.97 Å². The van der Waals surface area contributed by atoms with E-state index in [2.05, 4.69) is 15.5 Å². The van der Waals surface area contributed by atoms with Gasteiger partial charge < -0.3 is 14.8 Å². The van der Waals surface area contributed by atoms with Crippen molar-refractivity contribution in [3.63, 3.8) is 0 Å². The van der Waals surface area contributed by atoms with Crippen LogP contribution in [-0.2, 0) is 4.74 Å². The maximum absolute atomic E-state index is 12.0. The Morgan fingerprint density at radius 1 is 1.38 bits per heavy atom. The molecule has 112 valence electrons. The third-order valence-corrected chi connectivity index (χ3v) is 3.11. The summed E-state index contributed by atoms with van der Waals surface area (Å²) >= 11 is 0. The van der Waals surface area contributed by atoms with E-state index < -0.39 is 5.97 Å². The van der Waals surface area contributed by atoms with Gasteiger partial charge in [0, 0.05) is 11.4 Å². The average molecular weight is 289 g/mol. The molecule has 1 heterocycles. The molecule has 6 heteroatoms. The van der Waals surface area contributed by atoms with E-state index in [1.54, 1.807) is 21.0 Å². The third kappa shape index (κ3) is 3.16. The lowest BCUT2D eigenvalue weighted by Gasteiger charge is -2.10. The fraction of sp³-hybridized carbons (Fsp3) is 0.333. The summed E-state index contributed by atoms with van der Waals surface area (Å²) in [5.41, 5.74) is 2.94. The quantitative estimate of drug-likeness (QED) is 0.828. The Balaban J connectivity index is 2.30. The number of esters is 1. The summed E-state index contributed by atoms with van der Waals surface area (Å²) in [6.07, 6.45) is 0. The number of rotatable bonds is 5. The molecule has 0 atom stereocenters. The smallest absolute Gasteiger partial charge is 0.343 e. The summed E-state index contributed by atoms with van der Waals surface area (Å²) in [7, 11) is 1.62. The second kappa shape index (κ2) is 6.30. The lowest BCUT2D eigenvalue weighted by Crippen LogP contribution is -2.08. The highest BCUT2D eigenvalue weighted by molar-refractivity contribution is 5.96. The van der Waals surface area contributed by atoms with Gasteiger partial charge in [0.2, 0.25) is 0 Å². The van der Waals surface area contributed by atoms with E-state index >= 15 is 0 Å². The lowest BCUT2D eigenvalue weighted by atomic mass is 10.1. The SMILES string of the molecule is CCOC(=O)c1c(Nc2ccc(OC)cc2C)n[nH]c1C. The van der Waals surface area contributed by atoms with E-state index in [-0.39, 0.29) is 0 Å². The molecule has 21 heavy (non-hydrogen) atoms. The summed E-state index contributed by atoms with van der Waals surface area (Å²) in [4.78, 5) is 12.0. The number of anilines is 2. The van der Waals surface area contributed by atoms with Gasteiger partial charge in [-0.05, 0) is 44.5 Å². The lowest BCUT2D eigenvalue weighted by molar-refractivity contribution is 0.0527. The van der Waals surface area contributed by atoms with Crippen molar-refractivity contribution in [3.05, 3.63) is 35.0 Å². The molecule has 0 unspecified atom stereocenters. The van der Waals surface area contributed by atoms with Crippen molar-refractivity contribution >= 4 is 17.5 Å². The first-order valence-corrected chi connectivity index (χ1v) is 6.70. The first-order valence-electron chi connectivity index (χ1n) is 6.70. The Morgan fingerprint density at radius 3 is 2.76 bits per heavy atom. The Kier molecular flexibility index (Phi) is 4.47. The van der Waals surface area contributed by atoms with Gasteiger partial charge in [0.05, 0.1) is 13.7 Å². The maximum atomic E-state index is 12.0. The molecular formula is C15H19N3O3. The average Bonchev–Trinajstić information content (AvgIpc) is 2.82. The number of H-pyrrole nitrogens is 1. The standard InChI is InChI=1S/C15H19N3O3/c1-5-21-15(19)13-10(3)17-18-14(13)16-12-7-6-11(20-4)8-9(12)2/h6-8H,5H2,1-4H3,(H2,16,17,18). The molecule has 6 nitrogen and oxygen atoms in total. The summed E-state index contributed by atoms with van der Waals surface area (Å²) in [5, 5.41) is 10.1. The number of benzene rings is 1. The number of nitrogens with one attached hydrogen (secondary N) is 2. The predicted octanol–water partition coefficient (Wildman–Crippen LogP) is 2.96. The van der Waals surface area contributed by atoms with E-state index in [9.17, 15) is 4.79 Å². The number of aromatic amines is 1. The Morgan fingerprint density at radius 2 is 2.14 bits per heavy atom. The number of aromatic nitrogens is 2.